The molecule has 0 spiro atoms. The van der Waals surface area contributed by atoms with Gasteiger partial charge in [-0.3, -0.25) is 19.2 Å². The first-order valence-corrected chi connectivity index (χ1v) is 9.32. The topological polar surface area (TPSA) is 55.2 Å². The van der Waals surface area contributed by atoms with Crippen LogP contribution in [0.25, 0.3) is 0 Å². The highest BCUT2D eigenvalue weighted by molar-refractivity contribution is 6.21. The van der Waals surface area contributed by atoms with E-state index in [0.717, 1.165) is 5.56 Å². The maximum absolute atomic E-state index is 12.9. The van der Waals surface area contributed by atoms with Gasteiger partial charge in [0.2, 0.25) is 0 Å². The minimum Gasteiger partial charge on any atom is -0.270 e. The largest absolute Gasteiger partial charge is 0.391 e. The number of halogens is 3. The monoisotopic (exact) mass is 391 g/mol. The summed E-state index contributed by atoms with van der Waals surface area (Å²) in [5.74, 6) is -1.91. The first kappa shape index (κ1) is 18.7. The van der Waals surface area contributed by atoms with Crippen molar-refractivity contribution in [3.05, 3.63) is 52.8 Å². The molecular formula is C20H20F3N3O2. The summed E-state index contributed by atoms with van der Waals surface area (Å²) in [6, 6.07) is 6.60. The van der Waals surface area contributed by atoms with Crippen LogP contribution in [0.2, 0.25) is 0 Å². The van der Waals surface area contributed by atoms with Crippen LogP contribution < -0.4 is 0 Å². The molecule has 1 fully saturated rings. The molecule has 0 bridgehead atoms. The molecule has 1 saturated carbocycles. The third-order valence-corrected chi connectivity index (χ3v) is 5.76. The van der Waals surface area contributed by atoms with Gasteiger partial charge in [-0.25, -0.2) is 0 Å². The van der Waals surface area contributed by atoms with E-state index in [1.807, 2.05) is 0 Å². The summed E-state index contributed by atoms with van der Waals surface area (Å²) in [4.78, 5) is 26.3. The number of aryl methyl sites for hydroxylation is 1. The molecule has 2 heterocycles. The van der Waals surface area contributed by atoms with Gasteiger partial charge in [0, 0.05) is 11.8 Å². The van der Waals surface area contributed by atoms with Crippen molar-refractivity contribution >= 4 is 11.8 Å². The van der Waals surface area contributed by atoms with E-state index < -0.39 is 12.1 Å². The SMILES string of the molecule is Cc1nn(C2CCC(C(F)(F)F)CC2)cc1CN1C(=O)c2ccccc2C1=O. The molecule has 2 amide bonds. The molecule has 148 valence electrons. The van der Waals surface area contributed by atoms with Crippen molar-refractivity contribution in [1.82, 2.24) is 14.7 Å². The third kappa shape index (κ3) is 3.21. The Balaban J connectivity index is 1.48. The summed E-state index contributed by atoms with van der Waals surface area (Å²) in [7, 11) is 0. The number of aromatic nitrogens is 2. The highest BCUT2D eigenvalue weighted by Gasteiger charge is 2.42. The molecule has 28 heavy (non-hydrogen) atoms. The minimum atomic E-state index is -4.14. The Morgan fingerprint density at radius 2 is 1.61 bits per heavy atom. The van der Waals surface area contributed by atoms with Crippen molar-refractivity contribution in [2.24, 2.45) is 5.92 Å². The molecule has 0 atom stereocenters. The maximum atomic E-state index is 12.9. The number of alkyl halides is 3. The van der Waals surface area contributed by atoms with Crippen molar-refractivity contribution in [3.8, 4) is 0 Å². The Bertz CT molecular complexity index is 892. The second kappa shape index (κ2) is 6.76. The molecule has 4 rings (SSSR count). The zero-order chi connectivity index (χ0) is 20.1. The Morgan fingerprint density at radius 3 is 2.14 bits per heavy atom. The molecule has 2 aromatic rings. The lowest BCUT2D eigenvalue weighted by atomic mass is 9.86. The molecule has 1 aliphatic carbocycles. The minimum absolute atomic E-state index is 0.0896. The summed E-state index contributed by atoms with van der Waals surface area (Å²) in [5.41, 5.74) is 2.19. The van der Waals surface area contributed by atoms with Crippen LogP contribution >= 0.6 is 0 Å². The number of fused-ring (bicyclic) bond motifs is 1. The number of imide groups is 1. The van der Waals surface area contributed by atoms with Crippen LogP contribution in [0.3, 0.4) is 0 Å². The van der Waals surface area contributed by atoms with Crippen LogP contribution in [0, 0.1) is 12.8 Å². The molecule has 0 N–H and O–H groups in total. The van der Waals surface area contributed by atoms with Gasteiger partial charge in [-0.2, -0.15) is 18.3 Å². The fourth-order valence-corrected chi connectivity index (χ4v) is 4.08. The van der Waals surface area contributed by atoms with Crippen molar-refractivity contribution in [2.45, 2.75) is 51.4 Å². The van der Waals surface area contributed by atoms with Gasteiger partial charge < -0.3 is 0 Å². The number of hydrogen-bond acceptors (Lipinski definition) is 3. The third-order valence-electron chi connectivity index (χ3n) is 5.76. The van der Waals surface area contributed by atoms with E-state index in [2.05, 4.69) is 5.10 Å². The van der Waals surface area contributed by atoms with Crippen LogP contribution in [0.15, 0.2) is 30.5 Å². The van der Waals surface area contributed by atoms with Gasteiger partial charge >= 0.3 is 6.18 Å². The van der Waals surface area contributed by atoms with Crippen molar-refractivity contribution < 1.29 is 22.8 Å². The maximum Gasteiger partial charge on any atom is 0.391 e. The zero-order valence-electron chi connectivity index (χ0n) is 15.4. The van der Waals surface area contributed by atoms with Gasteiger partial charge in [0.25, 0.3) is 11.8 Å². The molecule has 0 radical (unpaired) electrons. The molecule has 1 aliphatic heterocycles. The van der Waals surface area contributed by atoms with Gasteiger partial charge in [-0.1, -0.05) is 12.1 Å². The quantitative estimate of drug-likeness (QED) is 0.734. The predicted molar refractivity (Wildman–Crippen MR) is 94.7 cm³/mol. The lowest BCUT2D eigenvalue weighted by Crippen LogP contribution is -2.29. The van der Waals surface area contributed by atoms with E-state index in [9.17, 15) is 22.8 Å². The van der Waals surface area contributed by atoms with Crippen LogP contribution in [0.4, 0.5) is 13.2 Å². The van der Waals surface area contributed by atoms with E-state index in [4.69, 9.17) is 0 Å². The first-order chi connectivity index (χ1) is 13.3. The van der Waals surface area contributed by atoms with E-state index in [-0.39, 0.29) is 37.2 Å². The number of nitrogens with zero attached hydrogens (tertiary/aromatic N) is 3. The summed E-state index contributed by atoms with van der Waals surface area (Å²) < 4.78 is 40.3. The van der Waals surface area contributed by atoms with Gasteiger partial charge in [0.1, 0.15) is 0 Å². The number of carbonyl (C=O) groups excluding carboxylic acids is 2. The van der Waals surface area contributed by atoms with E-state index >= 15 is 0 Å². The Kier molecular flexibility index (Phi) is 4.51. The smallest absolute Gasteiger partial charge is 0.270 e. The van der Waals surface area contributed by atoms with Crippen molar-refractivity contribution in [2.75, 3.05) is 0 Å². The highest BCUT2D eigenvalue weighted by Crippen LogP contribution is 2.41. The molecule has 1 aromatic carbocycles. The van der Waals surface area contributed by atoms with Crippen molar-refractivity contribution in [3.63, 3.8) is 0 Å². The van der Waals surface area contributed by atoms with Crippen LogP contribution in [-0.4, -0.2) is 32.7 Å². The molecule has 0 unspecified atom stereocenters. The van der Waals surface area contributed by atoms with Crippen LogP contribution in [0.1, 0.15) is 63.7 Å². The average Bonchev–Trinajstić information content (AvgIpc) is 3.15. The Hall–Kier alpha value is -2.64. The fourth-order valence-electron chi connectivity index (χ4n) is 4.08. The van der Waals surface area contributed by atoms with Crippen LogP contribution in [0.5, 0.6) is 0 Å². The lowest BCUT2D eigenvalue weighted by Gasteiger charge is -2.29. The molecule has 1 aromatic heterocycles. The average molecular weight is 391 g/mol. The van der Waals surface area contributed by atoms with Gasteiger partial charge in [0.15, 0.2) is 0 Å². The molecule has 0 saturated heterocycles. The fraction of sp³-hybridized carbons (Fsp3) is 0.450. The highest BCUT2D eigenvalue weighted by atomic mass is 19.4. The van der Waals surface area contributed by atoms with Gasteiger partial charge in [0.05, 0.1) is 35.3 Å². The number of benzene rings is 1. The normalized spacial score (nSPS) is 22.6. The second-order valence-electron chi connectivity index (χ2n) is 7.51. The summed E-state index contributed by atoms with van der Waals surface area (Å²) in [5, 5.41) is 4.45. The standard InChI is InChI=1S/C20H20F3N3O2/c1-12-13(10-25-18(27)16-4-2-3-5-17(16)19(25)28)11-26(24-12)15-8-6-14(7-9-15)20(21,22)23/h2-5,11,14-15H,6-10H2,1H3. The predicted octanol–water partition coefficient (Wildman–Crippen LogP) is 4.28. The summed E-state index contributed by atoms with van der Waals surface area (Å²) in [6.07, 6.45) is -1.35. The molecule has 8 heteroatoms. The zero-order valence-corrected chi connectivity index (χ0v) is 15.4. The first-order valence-electron chi connectivity index (χ1n) is 9.32. The van der Waals surface area contributed by atoms with Crippen LogP contribution in [-0.2, 0) is 6.54 Å². The number of amides is 2. The summed E-state index contributed by atoms with van der Waals surface area (Å²) >= 11 is 0. The van der Waals surface area contributed by atoms with Gasteiger partial charge in [-0.15, -0.1) is 0 Å². The van der Waals surface area contributed by atoms with Crippen molar-refractivity contribution in [1.29, 1.82) is 0 Å². The Labute approximate surface area is 160 Å². The Morgan fingerprint density at radius 1 is 1.04 bits per heavy atom. The number of rotatable bonds is 3. The van der Waals surface area contributed by atoms with Gasteiger partial charge in [-0.05, 0) is 44.7 Å². The number of hydrogen-bond donors (Lipinski definition) is 0. The van der Waals surface area contributed by atoms with E-state index in [1.165, 1.54) is 4.90 Å². The molecule has 2 aliphatic rings. The summed E-state index contributed by atoms with van der Waals surface area (Å²) in [6.45, 7) is 1.89. The second-order valence-corrected chi connectivity index (χ2v) is 7.51. The van der Waals surface area contributed by atoms with E-state index in [1.54, 1.807) is 42.1 Å². The van der Waals surface area contributed by atoms with E-state index in [0.29, 0.717) is 29.7 Å². The molecule has 5 nitrogen and oxygen atoms in total. The number of carbonyl (C=O) groups is 2. The molecular weight excluding hydrogens is 371 g/mol. The lowest BCUT2D eigenvalue weighted by molar-refractivity contribution is -0.183.